The summed E-state index contributed by atoms with van der Waals surface area (Å²) < 4.78 is 2.38. The Morgan fingerprint density at radius 3 is 1.98 bits per heavy atom. The minimum atomic E-state index is 0.751. The van der Waals surface area contributed by atoms with Gasteiger partial charge in [-0.25, -0.2) is 9.97 Å². The molecule has 0 saturated carbocycles. The van der Waals surface area contributed by atoms with E-state index in [0.29, 0.717) is 0 Å². The van der Waals surface area contributed by atoms with Gasteiger partial charge in [0.15, 0.2) is 5.82 Å². The van der Waals surface area contributed by atoms with E-state index in [1.165, 1.54) is 60.2 Å². The van der Waals surface area contributed by atoms with Gasteiger partial charge in [0, 0.05) is 39.3 Å². The second kappa shape index (κ2) is 9.22. The SMILES string of the molecule is c1ccc(-n2c3ccccc3c3ccc(-c4ccc(-c5ncc6c(n5)-c5cccc7cccc-6c57)c5ccccc45)cc32)cc1. The molecule has 10 rings (SSSR count). The van der Waals surface area contributed by atoms with Gasteiger partial charge in [-0.3, -0.25) is 0 Å². The molecule has 2 aromatic heterocycles. The van der Waals surface area contributed by atoms with Gasteiger partial charge in [0.05, 0.1) is 16.7 Å². The van der Waals surface area contributed by atoms with E-state index in [0.717, 1.165) is 33.7 Å². The summed E-state index contributed by atoms with van der Waals surface area (Å²) in [5.41, 5.74) is 11.5. The number of benzene rings is 7. The predicted molar refractivity (Wildman–Crippen MR) is 187 cm³/mol. The molecule has 0 fully saturated rings. The van der Waals surface area contributed by atoms with E-state index < -0.39 is 0 Å². The van der Waals surface area contributed by atoms with Gasteiger partial charge in [-0.1, -0.05) is 115 Å². The molecule has 0 radical (unpaired) electrons. The summed E-state index contributed by atoms with van der Waals surface area (Å²) in [6.07, 6.45) is 2.01. The molecular weight excluding hydrogens is 546 g/mol. The number of fused-ring (bicyclic) bond motifs is 7. The third-order valence-electron chi connectivity index (χ3n) is 9.40. The highest BCUT2D eigenvalue weighted by molar-refractivity contribution is 6.15. The summed E-state index contributed by atoms with van der Waals surface area (Å²) in [6.45, 7) is 0. The first-order valence-corrected chi connectivity index (χ1v) is 15.3. The number of aromatic nitrogens is 3. The van der Waals surface area contributed by atoms with Crippen molar-refractivity contribution in [1.29, 1.82) is 0 Å². The molecule has 0 amide bonds. The van der Waals surface area contributed by atoms with Crippen LogP contribution in [0.2, 0.25) is 0 Å². The average molecular weight is 572 g/mol. The first-order valence-electron chi connectivity index (χ1n) is 15.3. The lowest BCUT2D eigenvalue weighted by Crippen LogP contribution is -1.95. The van der Waals surface area contributed by atoms with Crippen LogP contribution in [0.3, 0.4) is 0 Å². The number of hydrogen-bond acceptors (Lipinski definition) is 2. The lowest BCUT2D eigenvalue weighted by Gasteiger charge is -2.13. The molecule has 1 aliphatic rings. The third kappa shape index (κ3) is 3.46. The Bertz CT molecular complexity index is 2640. The Kier molecular flexibility index (Phi) is 5.00. The first-order chi connectivity index (χ1) is 22.3. The molecule has 0 unspecified atom stereocenters. The third-order valence-corrected chi connectivity index (χ3v) is 9.40. The van der Waals surface area contributed by atoms with Gasteiger partial charge in [0.1, 0.15) is 0 Å². The zero-order chi connectivity index (χ0) is 29.5. The van der Waals surface area contributed by atoms with E-state index in [-0.39, 0.29) is 0 Å². The number of nitrogens with zero attached hydrogens (tertiary/aromatic N) is 3. The molecule has 0 atom stereocenters. The normalized spacial score (nSPS) is 12.0. The molecule has 0 bridgehead atoms. The van der Waals surface area contributed by atoms with Gasteiger partial charge in [-0.15, -0.1) is 0 Å². The molecule has 208 valence electrons. The lowest BCUT2D eigenvalue weighted by atomic mass is 9.94. The fraction of sp³-hybridized carbons (Fsp3) is 0. The van der Waals surface area contributed by atoms with E-state index in [1.807, 2.05) is 6.20 Å². The van der Waals surface area contributed by atoms with Crippen molar-refractivity contribution in [3.8, 4) is 50.6 Å². The second-order valence-corrected chi connectivity index (χ2v) is 11.8. The Balaban J connectivity index is 1.16. The van der Waals surface area contributed by atoms with E-state index in [9.17, 15) is 0 Å². The van der Waals surface area contributed by atoms with Crippen molar-refractivity contribution in [2.75, 3.05) is 0 Å². The molecule has 45 heavy (non-hydrogen) atoms. The molecule has 1 aliphatic carbocycles. The highest BCUT2D eigenvalue weighted by Crippen LogP contribution is 2.47. The van der Waals surface area contributed by atoms with Crippen LogP contribution >= 0.6 is 0 Å². The van der Waals surface area contributed by atoms with Crippen molar-refractivity contribution in [2.45, 2.75) is 0 Å². The van der Waals surface area contributed by atoms with Crippen LogP contribution in [0.1, 0.15) is 0 Å². The van der Waals surface area contributed by atoms with Crippen molar-refractivity contribution < 1.29 is 0 Å². The Hall–Kier alpha value is -6.06. The largest absolute Gasteiger partial charge is 0.309 e. The van der Waals surface area contributed by atoms with E-state index in [1.54, 1.807) is 0 Å². The van der Waals surface area contributed by atoms with Crippen LogP contribution in [0, 0.1) is 0 Å². The van der Waals surface area contributed by atoms with Crippen LogP contribution < -0.4 is 0 Å². The minimum absolute atomic E-state index is 0.751. The van der Waals surface area contributed by atoms with Gasteiger partial charge in [0.25, 0.3) is 0 Å². The molecule has 3 nitrogen and oxygen atoms in total. The zero-order valence-corrected chi connectivity index (χ0v) is 24.3. The van der Waals surface area contributed by atoms with E-state index >= 15 is 0 Å². The fourth-order valence-corrected chi connectivity index (χ4v) is 7.42. The van der Waals surface area contributed by atoms with Crippen LogP contribution in [0.4, 0.5) is 0 Å². The monoisotopic (exact) mass is 571 g/mol. The van der Waals surface area contributed by atoms with Gasteiger partial charge >= 0.3 is 0 Å². The minimum Gasteiger partial charge on any atom is -0.309 e. The van der Waals surface area contributed by atoms with Crippen LogP contribution in [0.25, 0.3) is 93.9 Å². The summed E-state index contributed by atoms with van der Waals surface area (Å²) >= 11 is 0. The molecule has 0 N–H and O–H groups in total. The highest BCUT2D eigenvalue weighted by atomic mass is 15.0. The van der Waals surface area contributed by atoms with Gasteiger partial charge in [-0.05, 0) is 68.6 Å². The molecule has 0 aliphatic heterocycles. The van der Waals surface area contributed by atoms with Crippen LogP contribution in [0.15, 0.2) is 152 Å². The first kappa shape index (κ1) is 24.4. The maximum atomic E-state index is 5.21. The summed E-state index contributed by atoms with van der Waals surface area (Å²) in [4.78, 5) is 10.2. The Morgan fingerprint density at radius 1 is 0.444 bits per heavy atom. The fourth-order valence-electron chi connectivity index (χ4n) is 7.42. The molecule has 2 heterocycles. The van der Waals surface area contributed by atoms with Gasteiger partial charge in [-0.2, -0.15) is 0 Å². The van der Waals surface area contributed by atoms with Crippen LogP contribution in [-0.2, 0) is 0 Å². The summed E-state index contributed by atoms with van der Waals surface area (Å²) in [6, 6.07) is 52.2. The maximum absolute atomic E-state index is 5.21. The van der Waals surface area contributed by atoms with Gasteiger partial charge in [0.2, 0.25) is 0 Å². The molecule has 7 aromatic carbocycles. The molecule has 0 saturated heterocycles. The Labute approximate surface area is 259 Å². The van der Waals surface area contributed by atoms with Crippen LogP contribution in [-0.4, -0.2) is 14.5 Å². The molecule has 3 heteroatoms. The smallest absolute Gasteiger partial charge is 0.160 e. The van der Waals surface area contributed by atoms with Crippen molar-refractivity contribution in [1.82, 2.24) is 14.5 Å². The van der Waals surface area contributed by atoms with E-state index in [4.69, 9.17) is 9.97 Å². The van der Waals surface area contributed by atoms with Crippen LogP contribution in [0.5, 0.6) is 0 Å². The van der Waals surface area contributed by atoms with Crippen molar-refractivity contribution >= 4 is 43.4 Å². The van der Waals surface area contributed by atoms with Crippen molar-refractivity contribution in [2.24, 2.45) is 0 Å². The quantitative estimate of drug-likeness (QED) is 0.211. The van der Waals surface area contributed by atoms with Crippen molar-refractivity contribution in [3.63, 3.8) is 0 Å². The molecule has 0 spiro atoms. The topological polar surface area (TPSA) is 30.7 Å². The predicted octanol–water partition coefficient (Wildman–Crippen LogP) is 10.9. The number of rotatable bonds is 3. The highest BCUT2D eigenvalue weighted by Gasteiger charge is 2.24. The Morgan fingerprint density at radius 2 is 1.13 bits per heavy atom. The zero-order valence-electron chi connectivity index (χ0n) is 24.3. The molecular formula is C42H25N3. The maximum Gasteiger partial charge on any atom is 0.160 e. The summed E-state index contributed by atoms with van der Waals surface area (Å²) in [7, 11) is 0. The average Bonchev–Trinajstić information content (AvgIpc) is 3.61. The lowest BCUT2D eigenvalue weighted by molar-refractivity contribution is 1.18. The number of hydrogen-bond donors (Lipinski definition) is 0. The summed E-state index contributed by atoms with van der Waals surface area (Å²) in [5, 5.41) is 7.35. The summed E-state index contributed by atoms with van der Waals surface area (Å²) in [5.74, 6) is 0.751. The van der Waals surface area contributed by atoms with Gasteiger partial charge < -0.3 is 4.57 Å². The standard InChI is InChI=1S/C42H25N3/c1-2-12-28(13-3-1)45-38-19-7-6-16-32(38)33-21-20-27(24-39(33)45)29-22-23-35(31-15-5-4-14-30(29)31)42-43-25-37-34-17-8-10-26-11-9-18-36(40(26)34)41(37)44-42/h1-25H. The second-order valence-electron chi connectivity index (χ2n) is 11.8. The van der Waals surface area contributed by atoms with Crippen molar-refractivity contribution in [3.05, 3.63) is 152 Å². The van der Waals surface area contributed by atoms with E-state index in [2.05, 4.69) is 150 Å². The molecule has 9 aromatic rings. The number of para-hydroxylation sites is 2.